The van der Waals surface area contributed by atoms with Gasteiger partial charge in [0, 0.05) is 92.4 Å². The lowest BCUT2D eigenvalue weighted by molar-refractivity contribution is 0.400. The number of nitrogens with two attached hydrogens (primary N) is 1. The number of anilines is 1. The number of nitrogens with zero attached hydrogens (tertiary/aromatic N) is 7. The zero-order chi connectivity index (χ0) is 56.2. The van der Waals surface area contributed by atoms with Gasteiger partial charge < -0.3 is 30.8 Å². The van der Waals surface area contributed by atoms with E-state index in [2.05, 4.69) is 85.7 Å². The largest absolute Gasteiger partial charge is 0.399 e. The second kappa shape index (κ2) is 25.9. The average molecular weight is 1060 g/mol. The van der Waals surface area contributed by atoms with Gasteiger partial charge >= 0.3 is 0 Å². The third-order valence-electron chi connectivity index (χ3n) is 13.2. The first kappa shape index (κ1) is 56.2. The van der Waals surface area contributed by atoms with Gasteiger partial charge in [0.25, 0.3) is 0 Å². The molecule has 10 rings (SSSR count). The van der Waals surface area contributed by atoms with Crippen LogP contribution in [0.3, 0.4) is 0 Å². The van der Waals surface area contributed by atoms with Crippen molar-refractivity contribution in [1.82, 2.24) is 50.1 Å². The molecule has 0 amide bonds. The standard InChI is InChI=1S/C32H33FN6.C30H30FN7.C2H6/c1-5-21(17-25(34)6-2)22-9-10-29-26(18-22)32(38-37-29)30-19-27-28(36-30)11-12-35-31(27)23-14-20(15-24(33)16-23)8-7-13-39(3)4;1-5-10-33-25(6-2)19-7-8-27-23(16-19)30(37-36-27)28-18-24-26(35-28)9-11-34-29(24)20-14-21(31)17-22(15-20)32-12-13-38(3)4;1-2/h5-6,9-12,14-19,36H,2,7-8,13,34H2,1,3-4H3,(H,37,38);5-11,14-18,32,35H,1,12-13H2,2-4H3,(H,36,37);1-2H3/b21-5+,25-17+;25-6-,33-10?;. The number of hydrogen-bond acceptors (Lipinski definition) is 9. The minimum atomic E-state index is -0.311. The van der Waals surface area contributed by atoms with Crippen molar-refractivity contribution in [3.63, 3.8) is 0 Å². The number of pyridine rings is 2. The molecule has 0 fully saturated rings. The highest BCUT2D eigenvalue weighted by Crippen LogP contribution is 2.37. The summed E-state index contributed by atoms with van der Waals surface area (Å²) in [7, 11) is 8.10. The molecule has 4 aromatic carbocycles. The molecule has 0 bridgehead atoms. The summed E-state index contributed by atoms with van der Waals surface area (Å²) in [5.74, 6) is -0.562. The molecule has 0 aliphatic rings. The summed E-state index contributed by atoms with van der Waals surface area (Å²) in [6.45, 7) is 17.9. The third kappa shape index (κ3) is 13.2. The van der Waals surface area contributed by atoms with Crippen LogP contribution >= 0.6 is 0 Å². The van der Waals surface area contributed by atoms with Gasteiger partial charge in [0.2, 0.25) is 0 Å². The topological polar surface area (TPSA) is 172 Å². The summed E-state index contributed by atoms with van der Waals surface area (Å²) in [5.41, 5.74) is 22.0. The maximum atomic E-state index is 14.7. The van der Waals surface area contributed by atoms with Crippen molar-refractivity contribution in [1.29, 1.82) is 0 Å². The second-order valence-corrected chi connectivity index (χ2v) is 19.3. The first-order chi connectivity index (χ1) is 38.3. The fourth-order valence-corrected chi connectivity index (χ4v) is 9.40. The van der Waals surface area contributed by atoms with Crippen molar-refractivity contribution in [3.05, 3.63) is 187 Å². The SMILES string of the molecule is C=C/C(N)=C\C(=C/C)c1ccc2[nH]nc(-c3cc4c(-c5cc(F)cc(CCCN(C)C)c5)nccc4[nH]3)c2c1.C=CC=N/C(=C\C)c1ccc2[nH]nc(-c3cc4c(-c5cc(F)cc(NCCN(C)C)c5)nccc4[nH]3)c2c1.CC. The van der Waals surface area contributed by atoms with Gasteiger partial charge in [-0.2, -0.15) is 10.2 Å². The number of nitrogens with one attached hydrogen (secondary N) is 5. The maximum Gasteiger partial charge on any atom is 0.125 e. The number of halogens is 2. The molecule has 79 heavy (non-hydrogen) atoms. The van der Waals surface area contributed by atoms with E-state index in [4.69, 9.17) is 5.73 Å². The van der Waals surface area contributed by atoms with E-state index in [1.165, 1.54) is 12.1 Å². The van der Waals surface area contributed by atoms with Gasteiger partial charge in [-0.1, -0.05) is 57.4 Å². The number of fused-ring (bicyclic) bond motifs is 4. The summed E-state index contributed by atoms with van der Waals surface area (Å²) in [6, 6.07) is 30.4. The van der Waals surface area contributed by atoms with Crippen molar-refractivity contribution in [2.75, 3.05) is 53.1 Å². The summed E-state index contributed by atoms with van der Waals surface area (Å²) < 4.78 is 29.2. The number of aliphatic imine (C=N–C) groups is 1. The van der Waals surface area contributed by atoms with E-state index < -0.39 is 0 Å². The Bertz CT molecular complexity index is 3900. The first-order valence-electron chi connectivity index (χ1n) is 26.5. The molecule has 6 heterocycles. The lowest BCUT2D eigenvalue weighted by atomic mass is 10.0. The number of H-pyrrole nitrogens is 4. The lowest BCUT2D eigenvalue weighted by Gasteiger charge is -2.12. The molecule has 0 unspecified atom stereocenters. The minimum Gasteiger partial charge on any atom is -0.399 e. The van der Waals surface area contributed by atoms with Crippen LogP contribution in [-0.2, 0) is 6.42 Å². The molecule has 13 nitrogen and oxygen atoms in total. The molecule has 10 aromatic rings. The molecule has 0 spiro atoms. The van der Waals surface area contributed by atoms with Crippen molar-refractivity contribution < 1.29 is 8.78 Å². The Morgan fingerprint density at radius 1 is 0.646 bits per heavy atom. The first-order valence-corrected chi connectivity index (χ1v) is 26.5. The van der Waals surface area contributed by atoms with Crippen molar-refractivity contribution >= 4 is 66.8 Å². The fraction of sp³-hybridized carbons (Fsp3) is 0.203. The molecule has 0 aliphatic carbocycles. The van der Waals surface area contributed by atoms with E-state index in [1.807, 2.05) is 135 Å². The zero-order valence-corrected chi connectivity index (χ0v) is 46.3. The van der Waals surface area contributed by atoms with E-state index in [-0.39, 0.29) is 11.6 Å². The van der Waals surface area contributed by atoms with Gasteiger partial charge in [-0.3, -0.25) is 25.2 Å². The lowest BCUT2D eigenvalue weighted by Crippen LogP contribution is -2.20. The van der Waals surface area contributed by atoms with Crippen LogP contribution in [0.2, 0.25) is 0 Å². The van der Waals surface area contributed by atoms with Crippen LogP contribution in [0, 0.1) is 11.6 Å². The molecular formula is C64H69F2N13. The number of aromatic amines is 4. The van der Waals surface area contributed by atoms with Crippen molar-refractivity contribution in [2.45, 2.75) is 40.5 Å². The predicted octanol–water partition coefficient (Wildman–Crippen LogP) is 14.4. The molecule has 0 atom stereocenters. The van der Waals surface area contributed by atoms with Crippen LogP contribution in [0.1, 0.15) is 50.8 Å². The molecule has 15 heteroatoms. The van der Waals surface area contributed by atoms with Gasteiger partial charge in [-0.25, -0.2) is 8.78 Å². The highest BCUT2D eigenvalue weighted by Gasteiger charge is 2.19. The predicted molar refractivity (Wildman–Crippen MR) is 327 cm³/mol. The summed E-state index contributed by atoms with van der Waals surface area (Å²) in [4.78, 5) is 24.9. The van der Waals surface area contributed by atoms with Gasteiger partial charge in [-0.05, 0) is 175 Å². The third-order valence-corrected chi connectivity index (χ3v) is 13.2. The van der Waals surface area contributed by atoms with E-state index in [0.717, 1.165) is 137 Å². The smallest absolute Gasteiger partial charge is 0.125 e. The van der Waals surface area contributed by atoms with Gasteiger partial charge in [0.15, 0.2) is 0 Å². The highest BCUT2D eigenvalue weighted by atomic mass is 19.1. The quantitative estimate of drug-likeness (QED) is 0.0364. The van der Waals surface area contributed by atoms with E-state index >= 15 is 0 Å². The molecule has 0 aliphatic heterocycles. The van der Waals surface area contributed by atoms with Crippen LogP contribution in [0.15, 0.2) is 164 Å². The van der Waals surface area contributed by atoms with Crippen LogP contribution in [0.4, 0.5) is 14.5 Å². The molecule has 0 saturated heterocycles. The summed E-state index contributed by atoms with van der Waals surface area (Å²) >= 11 is 0. The monoisotopic (exact) mass is 1060 g/mol. The van der Waals surface area contributed by atoms with Crippen LogP contribution in [0.25, 0.3) is 100 Å². The Hall–Kier alpha value is -9.05. The van der Waals surface area contributed by atoms with Crippen LogP contribution in [-0.4, -0.2) is 104 Å². The van der Waals surface area contributed by atoms with E-state index in [0.29, 0.717) is 23.5 Å². The highest BCUT2D eigenvalue weighted by molar-refractivity contribution is 6.02. The van der Waals surface area contributed by atoms with Gasteiger partial charge in [0.1, 0.15) is 23.0 Å². The number of rotatable bonds is 18. The fourth-order valence-electron chi connectivity index (χ4n) is 9.40. The number of aryl methyl sites for hydroxylation is 1. The van der Waals surface area contributed by atoms with Gasteiger partial charge in [0.05, 0.1) is 39.5 Å². The second-order valence-electron chi connectivity index (χ2n) is 19.3. The molecule has 0 radical (unpaired) electrons. The van der Waals surface area contributed by atoms with Crippen molar-refractivity contribution in [3.8, 4) is 45.3 Å². The summed E-state index contributed by atoms with van der Waals surface area (Å²) in [6.07, 6.45) is 16.1. The molecular weight excluding hydrogens is 989 g/mol. The Labute approximate surface area is 460 Å². The zero-order valence-electron chi connectivity index (χ0n) is 46.3. The molecule has 404 valence electrons. The van der Waals surface area contributed by atoms with E-state index in [1.54, 1.807) is 42.9 Å². The average Bonchev–Trinajstić information content (AvgIpc) is 4.33. The normalized spacial score (nSPS) is 12.2. The Morgan fingerprint density at radius 2 is 1.20 bits per heavy atom. The number of benzene rings is 4. The molecule has 0 saturated carbocycles. The van der Waals surface area contributed by atoms with Crippen LogP contribution < -0.4 is 11.1 Å². The Balaban J connectivity index is 0.000000202. The molecule has 6 aromatic heterocycles. The summed E-state index contributed by atoms with van der Waals surface area (Å²) in [5, 5.41) is 22.6. The van der Waals surface area contributed by atoms with Crippen molar-refractivity contribution in [2.24, 2.45) is 10.7 Å². The Morgan fingerprint density at radius 3 is 1.76 bits per heavy atom. The number of likely N-dealkylation sites (N-methyl/N-ethyl adjacent to an activating group) is 1. The number of allylic oxidation sites excluding steroid dienone is 6. The number of aromatic nitrogens is 8. The minimum absolute atomic E-state index is 0.251. The van der Waals surface area contributed by atoms with Crippen LogP contribution in [0.5, 0.6) is 0 Å². The van der Waals surface area contributed by atoms with Gasteiger partial charge in [-0.15, -0.1) is 0 Å². The maximum absolute atomic E-state index is 14.7. The number of hydrogen-bond donors (Lipinski definition) is 6. The Kier molecular flexibility index (Phi) is 18.4. The van der Waals surface area contributed by atoms with E-state index in [9.17, 15) is 8.78 Å². The molecule has 7 N–H and O–H groups in total.